The van der Waals surface area contributed by atoms with Gasteiger partial charge in [-0.1, -0.05) is 12.1 Å². The molecule has 0 radical (unpaired) electrons. The number of hydrogen-bond donors (Lipinski definition) is 0. The van der Waals surface area contributed by atoms with Crippen molar-refractivity contribution in [3.63, 3.8) is 0 Å². The minimum Gasteiger partial charge on any atom is -0.461 e. The molecular formula is C13H9N3OS. The van der Waals surface area contributed by atoms with Crippen LogP contribution in [0.5, 0.6) is 0 Å². The third-order valence-electron chi connectivity index (χ3n) is 2.93. The van der Waals surface area contributed by atoms with Crippen molar-refractivity contribution in [2.75, 3.05) is 0 Å². The molecule has 1 aromatic carbocycles. The largest absolute Gasteiger partial charge is 0.461 e. The second-order valence-electron chi connectivity index (χ2n) is 4.01. The van der Waals surface area contributed by atoms with Gasteiger partial charge in [0, 0.05) is 4.90 Å². The van der Waals surface area contributed by atoms with Crippen LogP contribution in [-0.2, 0) is 5.75 Å². The molecule has 0 saturated heterocycles. The second kappa shape index (κ2) is 3.74. The summed E-state index contributed by atoms with van der Waals surface area (Å²) in [5.74, 6) is 3.31. The number of fused-ring (bicyclic) bond motifs is 3. The zero-order valence-corrected chi connectivity index (χ0v) is 10.2. The normalized spacial score (nSPS) is 13.1. The van der Waals surface area contributed by atoms with Crippen LogP contribution < -0.4 is 0 Å². The van der Waals surface area contributed by atoms with E-state index in [1.807, 2.05) is 24.3 Å². The summed E-state index contributed by atoms with van der Waals surface area (Å²) in [7, 11) is 0. The Hall–Kier alpha value is -2.01. The van der Waals surface area contributed by atoms with E-state index in [-0.39, 0.29) is 0 Å². The SMILES string of the molecule is c1coc(-c2nnc3n2-c2ccccc2SC3)c1. The number of hydrogen-bond acceptors (Lipinski definition) is 4. The van der Waals surface area contributed by atoms with Crippen molar-refractivity contribution >= 4 is 11.8 Å². The van der Waals surface area contributed by atoms with Gasteiger partial charge in [0.25, 0.3) is 0 Å². The molecule has 5 heteroatoms. The first-order valence-corrected chi connectivity index (χ1v) is 6.62. The van der Waals surface area contributed by atoms with Crippen molar-refractivity contribution in [3.05, 3.63) is 48.5 Å². The van der Waals surface area contributed by atoms with Crippen molar-refractivity contribution in [2.45, 2.75) is 10.6 Å². The van der Waals surface area contributed by atoms with Gasteiger partial charge in [0.05, 0.1) is 17.7 Å². The maximum absolute atomic E-state index is 5.43. The quantitative estimate of drug-likeness (QED) is 0.670. The summed E-state index contributed by atoms with van der Waals surface area (Å²) in [6, 6.07) is 12.0. The molecule has 3 heterocycles. The number of rotatable bonds is 1. The Kier molecular flexibility index (Phi) is 2.07. The molecule has 0 unspecified atom stereocenters. The number of para-hydroxylation sites is 1. The summed E-state index contributed by atoms with van der Waals surface area (Å²) >= 11 is 1.79. The zero-order valence-electron chi connectivity index (χ0n) is 9.41. The summed E-state index contributed by atoms with van der Waals surface area (Å²) < 4.78 is 7.50. The van der Waals surface area contributed by atoms with Gasteiger partial charge in [-0.15, -0.1) is 22.0 Å². The van der Waals surface area contributed by atoms with E-state index in [1.165, 1.54) is 4.90 Å². The van der Waals surface area contributed by atoms with Gasteiger partial charge >= 0.3 is 0 Å². The lowest BCUT2D eigenvalue weighted by atomic mass is 10.3. The molecule has 3 aromatic rings. The molecule has 88 valence electrons. The highest BCUT2D eigenvalue weighted by Crippen LogP contribution is 2.36. The number of thioether (sulfide) groups is 1. The zero-order chi connectivity index (χ0) is 11.9. The monoisotopic (exact) mass is 255 g/mol. The molecule has 0 atom stereocenters. The van der Waals surface area contributed by atoms with Gasteiger partial charge in [-0.2, -0.15) is 0 Å². The van der Waals surface area contributed by atoms with E-state index in [9.17, 15) is 0 Å². The average molecular weight is 255 g/mol. The first-order chi connectivity index (χ1) is 8.93. The van der Waals surface area contributed by atoms with Gasteiger partial charge in [0.1, 0.15) is 5.82 Å². The first-order valence-electron chi connectivity index (χ1n) is 5.64. The summed E-state index contributed by atoms with van der Waals surface area (Å²) in [6.45, 7) is 0. The Morgan fingerprint density at radius 1 is 1.11 bits per heavy atom. The first kappa shape index (κ1) is 9.96. The fourth-order valence-corrected chi connectivity index (χ4v) is 3.09. The summed E-state index contributed by atoms with van der Waals surface area (Å²) in [6.07, 6.45) is 1.65. The van der Waals surface area contributed by atoms with E-state index in [1.54, 1.807) is 18.0 Å². The lowest BCUT2D eigenvalue weighted by Crippen LogP contribution is -2.07. The molecule has 4 rings (SSSR count). The predicted octanol–water partition coefficient (Wildman–Crippen LogP) is 3.13. The smallest absolute Gasteiger partial charge is 0.204 e. The van der Waals surface area contributed by atoms with E-state index in [0.717, 1.165) is 28.8 Å². The molecule has 0 saturated carbocycles. The molecule has 1 aliphatic rings. The van der Waals surface area contributed by atoms with Crippen LogP contribution >= 0.6 is 11.8 Å². The van der Waals surface area contributed by atoms with Gasteiger partial charge < -0.3 is 4.42 Å². The third-order valence-corrected chi connectivity index (χ3v) is 3.99. The topological polar surface area (TPSA) is 43.9 Å². The van der Waals surface area contributed by atoms with E-state index < -0.39 is 0 Å². The van der Waals surface area contributed by atoms with Gasteiger partial charge in [-0.05, 0) is 24.3 Å². The number of furan rings is 1. The summed E-state index contributed by atoms with van der Waals surface area (Å²) in [5.41, 5.74) is 1.13. The lowest BCUT2D eigenvalue weighted by molar-refractivity contribution is 0.575. The Morgan fingerprint density at radius 2 is 2.06 bits per heavy atom. The molecule has 0 N–H and O–H groups in total. The molecule has 0 aliphatic carbocycles. The molecular weight excluding hydrogens is 246 g/mol. The molecule has 0 bridgehead atoms. The molecule has 1 aliphatic heterocycles. The fourth-order valence-electron chi connectivity index (χ4n) is 2.13. The van der Waals surface area contributed by atoms with Crippen LogP contribution in [0.2, 0.25) is 0 Å². The van der Waals surface area contributed by atoms with Crippen LogP contribution in [0.1, 0.15) is 5.82 Å². The Balaban J connectivity index is 2.00. The van der Waals surface area contributed by atoms with Gasteiger partial charge in [-0.3, -0.25) is 4.57 Å². The highest BCUT2D eigenvalue weighted by molar-refractivity contribution is 7.98. The number of benzene rings is 1. The van der Waals surface area contributed by atoms with Crippen molar-refractivity contribution in [1.29, 1.82) is 0 Å². The molecule has 0 amide bonds. The van der Waals surface area contributed by atoms with Crippen LogP contribution in [-0.4, -0.2) is 14.8 Å². The van der Waals surface area contributed by atoms with Crippen molar-refractivity contribution in [1.82, 2.24) is 14.8 Å². The van der Waals surface area contributed by atoms with Crippen LogP contribution in [0.4, 0.5) is 0 Å². The van der Waals surface area contributed by atoms with Crippen molar-refractivity contribution in [3.8, 4) is 17.3 Å². The predicted molar refractivity (Wildman–Crippen MR) is 68.6 cm³/mol. The Morgan fingerprint density at radius 3 is 2.94 bits per heavy atom. The van der Waals surface area contributed by atoms with E-state index in [2.05, 4.69) is 26.9 Å². The number of aromatic nitrogens is 3. The lowest BCUT2D eigenvalue weighted by Gasteiger charge is -2.17. The van der Waals surface area contributed by atoms with Crippen LogP contribution in [0.25, 0.3) is 17.3 Å². The Bertz CT molecular complexity index is 703. The minimum absolute atomic E-state index is 0.746. The van der Waals surface area contributed by atoms with E-state index >= 15 is 0 Å². The maximum atomic E-state index is 5.43. The summed E-state index contributed by atoms with van der Waals surface area (Å²) in [5, 5.41) is 8.49. The van der Waals surface area contributed by atoms with Crippen LogP contribution in [0.15, 0.2) is 52.0 Å². The summed E-state index contributed by atoms with van der Waals surface area (Å²) in [4.78, 5) is 1.25. The van der Waals surface area contributed by atoms with Crippen molar-refractivity contribution < 1.29 is 4.42 Å². The molecule has 18 heavy (non-hydrogen) atoms. The fraction of sp³-hybridized carbons (Fsp3) is 0.0769. The highest BCUT2D eigenvalue weighted by atomic mass is 32.2. The van der Waals surface area contributed by atoms with E-state index in [0.29, 0.717) is 0 Å². The van der Waals surface area contributed by atoms with Crippen LogP contribution in [0.3, 0.4) is 0 Å². The highest BCUT2D eigenvalue weighted by Gasteiger charge is 2.23. The van der Waals surface area contributed by atoms with Gasteiger partial charge in [0.2, 0.25) is 5.82 Å². The van der Waals surface area contributed by atoms with Crippen molar-refractivity contribution in [2.24, 2.45) is 0 Å². The maximum Gasteiger partial charge on any atom is 0.204 e. The Labute approximate surface area is 108 Å². The van der Waals surface area contributed by atoms with E-state index in [4.69, 9.17) is 4.42 Å². The second-order valence-corrected chi connectivity index (χ2v) is 5.03. The third kappa shape index (κ3) is 1.34. The van der Waals surface area contributed by atoms with Gasteiger partial charge in [0.15, 0.2) is 5.76 Å². The molecule has 0 spiro atoms. The van der Waals surface area contributed by atoms with Crippen LogP contribution in [0, 0.1) is 0 Å². The average Bonchev–Trinajstić information content (AvgIpc) is 3.07. The molecule has 2 aromatic heterocycles. The standard InChI is InChI=1S/C13H9N3OS/c1-2-6-11-9(4-1)16-12(8-18-11)14-15-13(16)10-5-3-7-17-10/h1-7H,8H2. The van der Waals surface area contributed by atoms with Gasteiger partial charge in [-0.25, -0.2) is 0 Å². The molecule has 0 fully saturated rings. The number of nitrogens with zero attached hydrogens (tertiary/aromatic N) is 3. The minimum atomic E-state index is 0.746. The molecule has 4 nitrogen and oxygen atoms in total.